The second kappa shape index (κ2) is 4.78. The Morgan fingerprint density at radius 2 is 2.11 bits per heavy atom. The van der Waals surface area contributed by atoms with Crippen LogP contribution in [0.2, 0.25) is 0 Å². The molecule has 1 amide bonds. The summed E-state index contributed by atoms with van der Waals surface area (Å²) in [4.78, 5) is 11.4. The molecule has 5 N–H and O–H groups in total. The van der Waals surface area contributed by atoms with Gasteiger partial charge in [0.05, 0.1) is 25.9 Å². The summed E-state index contributed by atoms with van der Waals surface area (Å²) >= 11 is 0. The molecule has 0 radical (unpaired) electrons. The number of fused-ring (bicyclic) bond motifs is 1. The van der Waals surface area contributed by atoms with Crippen LogP contribution < -0.4 is 26.5 Å². The Morgan fingerprint density at radius 1 is 1.37 bits per heavy atom. The van der Waals surface area contributed by atoms with Crippen LogP contribution in [0.3, 0.4) is 0 Å². The molecule has 0 aromatic heterocycles. The van der Waals surface area contributed by atoms with Crippen molar-refractivity contribution < 1.29 is 9.53 Å². The molecule has 2 heterocycles. The van der Waals surface area contributed by atoms with Gasteiger partial charge in [-0.2, -0.15) is 5.01 Å². The SMILES string of the molecule is COc1ccc(C2NC3NC(=O)CC(N)N3N2)cc1. The number of ether oxygens (including phenoxy) is 1. The lowest BCUT2D eigenvalue weighted by Gasteiger charge is -2.33. The summed E-state index contributed by atoms with van der Waals surface area (Å²) in [5.74, 6) is 0.767. The molecule has 0 saturated carbocycles. The van der Waals surface area contributed by atoms with E-state index in [0.717, 1.165) is 11.3 Å². The summed E-state index contributed by atoms with van der Waals surface area (Å²) in [7, 11) is 1.63. The van der Waals surface area contributed by atoms with Crippen LogP contribution >= 0.6 is 0 Å². The predicted octanol–water partition coefficient (Wildman–Crippen LogP) is -0.808. The van der Waals surface area contributed by atoms with Crippen LogP contribution in [0.4, 0.5) is 0 Å². The number of hydrogen-bond acceptors (Lipinski definition) is 6. The van der Waals surface area contributed by atoms with E-state index in [-0.39, 0.29) is 24.5 Å². The minimum absolute atomic E-state index is 0.0431. The summed E-state index contributed by atoms with van der Waals surface area (Å²) in [6.07, 6.45) is -0.390. The third kappa shape index (κ3) is 2.28. The van der Waals surface area contributed by atoms with Crippen molar-refractivity contribution in [1.82, 2.24) is 21.1 Å². The fraction of sp³-hybridized carbons (Fsp3) is 0.417. The molecule has 2 aliphatic rings. The van der Waals surface area contributed by atoms with Gasteiger partial charge in [-0.15, -0.1) is 0 Å². The molecule has 0 aliphatic carbocycles. The Bertz CT molecular complexity index is 478. The Kier molecular flexibility index (Phi) is 3.11. The summed E-state index contributed by atoms with van der Waals surface area (Å²) in [5, 5.41) is 7.94. The molecule has 2 aliphatic heterocycles. The van der Waals surface area contributed by atoms with E-state index < -0.39 is 0 Å². The van der Waals surface area contributed by atoms with Crippen molar-refractivity contribution in [2.24, 2.45) is 5.73 Å². The van der Waals surface area contributed by atoms with Crippen molar-refractivity contribution in [2.75, 3.05) is 7.11 Å². The van der Waals surface area contributed by atoms with Crippen LogP contribution in [0.15, 0.2) is 24.3 Å². The minimum Gasteiger partial charge on any atom is -0.497 e. The summed E-state index contributed by atoms with van der Waals surface area (Å²) in [6.45, 7) is 0. The number of rotatable bonds is 2. The zero-order chi connectivity index (χ0) is 13.4. The lowest BCUT2D eigenvalue weighted by Crippen LogP contribution is -2.63. The van der Waals surface area contributed by atoms with Gasteiger partial charge in [-0.05, 0) is 17.7 Å². The van der Waals surface area contributed by atoms with Gasteiger partial charge in [0.1, 0.15) is 5.75 Å². The van der Waals surface area contributed by atoms with Crippen LogP contribution in [0.5, 0.6) is 5.75 Å². The number of carbonyl (C=O) groups excluding carboxylic acids is 1. The normalized spacial score (nSPS) is 30.8. The lowest BCUT2D eigenvalue weighted by atomic mass is 10.2. The van der Waals surface area contributed by atoms with Crippen LogP contribution in [0.25, 0.3) is 0 Å². The van der Waals surface area contributed by atoms with Crippen LogP contribution in [0, 0.1) is 0 Å². The Balaban J connectivity index is 1.75. The van der Waals surface area contributed by atoms with Gasteiger partial charge in [-0.25, -0.2) is 5.43 Å². The van der Waals surface area contributed by atoms with Crippen molar-refractivity contribution in [3.63, 3.8) is 0 Å². The smallest absolute Gasteiger partial charge is 0.225 e. The highest BCUT2D eigenvalue weighted by atomic mass is 16.5. The van der Waals surface area contributed by atoms with Gasteiger partial charge in [0.25, 0.3) is 0 Å². The van der Waals surface area contributed by atoms with Gasteiger partial charge in [0.2, 0.25) is 5.91 Å². The van der Waals surface area contributed by atoms with Crippen LogP contribution in [0.1, 0.15) is 18.2 Å². The zero-order valence-electron chi connectivity index (χ0n) is 10.6. The molecular formula is C12H17N5O2. The summed E-state index contributed by atoms with van der Waals surface area (Å²) in [6, 6.07) is 7.73. The number of amides is 1. The van der Waals surface area contributed by atoms with E-state index in [2.05, 4.69) is 16.1 Å². The maximum Gasteiger partial charge on any atom is 0.225 e. The maximum absolute atomic E-state index is 11.4. The number of benzene rings is 1. The number of nitrogens with zero attached hydrogens (tertiary/aromatic N) is 1. The number of hydrogen-bond donors (Lipinski definition) is 4. The minimum atomic E-state index is -0.325. The standard InChI is InChI=1S/C12H17N5O2/c1-19-8-4-2-7(3-5-8)11-15-12-14-10(18)6-9(13)17(12)16-11/h2-5,9,11-12,15-16H,6,13H2,1H3,(H,14,18). The lowest BCUT2D eigenvalue weighted by molar-refractivity contribution is -0.129. The average molecular weight is 263 g/mol. The number of nitrogens with two attached hydrogens (primary N) is 1. The van der Waals surface area contributed by atoms with Crippen molar-refractivity contribution in [3.05, 3.63) is 29.8 Å². The van der Waals surface area contributed by atoms with Crippen molar-refractivity contribution >= 4 is 5.91 Å². The van der Waals surface area contributed by atoms with Crippen molar-refractivity contribution in [3.8, 4) is 5.75 Å². The molecule has 7 heteroatoms. The van der Waals surface area contributed by atoms with Crippen molar-refractivity contribution in [1.29, 1.82) is 0 Å². The number of nitrogens with one attached hydrogen (secondary N) is 3. The molecule has 19 heavy (non-hydrogen) atoms. The van der Waals surface area contributed by atoms with E-state index in [4.69, 9.17) is 10.5 Å². The molecule has 2 fully saturated rings. The monoisotopic (exact) mass is 263 g/mol. The molecule has 3 atom stereocenters. The second-order valence-corrected chi connectivity index (χ2v) is 4.65. The van der Waals surface area contributed by atoms with E-state index in [1.165, 1.54) is 0 Å². The Morgan fingerprint density at radius 3 is 2.79 bits per heavy atom. The first-order valence-electron chi connectivity index (χ1n) is 6.17. The highest BCUT2D eigenvalue weighted by molar-refractivity contribution is 5.77. The number of hydrazine groups is 1. The molecule has 0 spiro atoms. The third-order valence-electron chi connectivity index (χ3n) is 3.38. The van der Waals surface area contributed by atoms with E-state index in [1.807, 2.05) is 29.3 Å². The van der Waals surface area contributed by atoms with Gasteiger partial charge < -0.3 is 15.8 Å². The van der Waals surface area contributed by atoms with Gasteiger partial charge >= 0.3 is 0 Å². The first-order valence-corrected chi connectivity index (χ1v) is 6.17. The number of methoxy groups -OCH3 is 1. The fourth-order valence-corrected chi connectivity index (χ4v) is 2.36. The van der Waals surface area contributed by atoms with E-state index >= 15 is 0 Å². The van der Waals surface area contributed by atoms with E-state index in [1.54, 1.807) is 7.11 Å². The molecular weight excluding hydrogens is 246 g/mol. The first-order chi connectivity index (χ1) is 9.17. The zero-order valence-corrected chi connectivity index (χ0v) is 10.6. The molecule has 3 unspecified atom stereocenters. The van der Waals surface area contributed by atoms with Gasteiger partial charge in [-0.3, -0.25) is 10.1 Å². The van der Waals surface area contributed by atoms with Crippen LogP contribution in [-0.2, 0) is 4.79 Å². The quantitative estimate of drug-likeness (QED) is 0.558. The highest BCUT2D eigenvalue weighted by Gasteiger charge is 2.39. The highest BCUT2D eigenvalue weighted by Crippen LogP contribution is 2.22. The molecule has 1 aromatic carbocycles. The molecule has 2 saturated heterocycles. The first kappa shape index (κ1) is 12.4. The Hall–Kier alpha value is -1.67. The van der Waals surface area contributed by atoms with Gasteiger partial charge in [0, 0.05) is 0 Å². The molecule has 102 valence electrons. The second-order valence-electron chi connectivity index (χ2n) is 4.65. The van der Waals surface area contributed by atoms with Crippen molar-refractivity contribution in [2.45, 2.75) is 25.0 Å². The third-order valence-corrected chi connectivity index (χ3v) is 3.38. The molecule has 3 rings (SSSR count). The fourth-order valence-electron chi connectivity index (χ4n) is 2.36. The summed E-state index contributed by atoms with van der Waals surface area (Å²) in [5.41, 5.74) is 10.2. The van der Waals surface area contributed by atoms with E-state index in [9.17, 15) is 4.79 Å². The van der Waals surface area contributed by atoms with Crippen LogP contribution in [-0.4, -0.2) is 30.5 Å². The van der Waals surface area contributed by atoms with Gasteiger partial charge in [0.15, 0.2) is 6.29 Å². The average Bonchev–Trinajstić information content (AvgIpc) is 2.83. The molecule has 0 bridgehead atoms. The maximum atomic E-state index is 11.4. The topological polar surface area (TPSA) is 91.6 Å². The number of carbonyl (C=O) groups is 1. The van der Waals surface area contributed by atoms with E-state index in [0.29, 0.717) is 6.42 Å². The molecule has 7 nitrogen and oxygen atoms in total. The Labute approximate surface area is 111 Å². The summed E-state index contributed by atoms with van der Waals surface area (Å²) < 4.78 is 5.13. The predicted molar refractivity (Wildman–Crippen MR) is 68.4 cm³/mol. The molecule has 1 aromatic rings. The largest absolute Gasteiger partial charge is 0.497 e. The van der Waals surface area contributed by atoms with Gasteiger partial charge in [-0.1, -0.05) is 12.1 Å².